The number of carbonyl (C=O) groups excluding carboxylic acids is 1. The van der Waals surface area contributed by atoms with Gasteiger partial charge >= 0.3 is 0 Å². The predicted molar refractivity (Wildman–Crippen MR) is 59.8 cm³/mol. The van der Waals surface area contributed by atoms with Crippen LogP contribution in [-0.4, -0.2) is 16.1 Å². The lowest BCUT2D eigenvalue weighted by atomic mass is 10.2. The van der Waals surface area contributed by atoms with E-state index in [0.717, 1.165) is 22.9 Å². The number of carbonyl (C=O) groups is 1. The minimum absolute atomic E-state index is 0.181. The number of aryl methyl sites for hydroxylation is 1. The number of nitrogens with zero attached hydrogens (tertiary/aromatic N) is 2. The summed E-state index contributed by atoms with van der Waals surface area (Å²) in [6, 6.07) is 2.75. The van der Waals surface area contributed by atoms with E-state index in [1.807, 2.05) is 0 Å². The van der Waals surface area contributed by atoms with Crippen LogP contribution < -0.4 is 5.43 Å². The van der Waals surface area contributed by atoms with Crippen molar-refractivity contribution < 1.29 is 18.0 Å². The fraction of sp³-hybridized carbons (Fsp3) is 0.0833. The van der Waals surface area contributed by atoms with Gasteiger partial charge in [-0.3, -0.25) is 9.59 Å². The second-order valence-electron chi connectivity index (χ2n) is 3.76. The first-order valence-corrected chi connectivity index (χ1v) is 5.15. The summed E-state index contributed by atoms with van der Waals surface area (Å²) in [5.74, 6) is -4.43. The van der Waals surface area contributed by atoms with E-state index < -0.39 is 28.6 Å². The standard InChI is InChI=1S/C12H7F3N2O2/c1-6-4-10(19)8(5-18)16-17(6)9-3-2-7(13)11(14)12(9)15/h2-5H,1H3. The average Bonchev–Trinajstić information content (AvgIpc) is 2.37. The minimum Gasteiger partial charge on any atom is -0.296 e. The number of aromatic nitrogens is 2. The van der Waals surface area contributed by atoms with E-state index in [1.165, 1.54) is 6.92 Å². The monoisotopic (exact) mass is 268 g/mol. The lowest BCUT2D eigenvalue weighted by Crippen LogP contribution is -2.19. The average molecular weight is 268 g/mol. The highest BCUT2D eigenvalue weighted by Gasteiger charge is 2.17. The number of rotatable bonds is 2. The molecule has 0 spiro atoms. The number of hydrogen-bond donors (Lipinski definition) is 0. The summed E-state index contributed by atoms with van der Waals surface area (Å²) >= 11 is 0. The van der Waals surface area contributed by atoms with Crippen LogP contribution in [0.4, 0.5) is 13.2 Å². The molecule has 1 heterocycles. The third-order valence-corrected chi connectivity index (χ3v) is 2.49. The van der Waals surface area contributed by atoms with Gasteiger partial charge in [-0.15, -0.1) is 0 Å². The summed E-state index contributed by atoms with van der Waals surface area (Å²) in [5.41, 5.74) is -1.29. The van der Waals surface area contributed by atoms with Gasteiger partial charge in [0.15, 0.2) is 29.4 Å². The molecule has 0 N–H and O–H groups in total. The number of aldehydes is 1. The van der Waals surface area contributed by atoms with Gasteiger partial charge in [0.05, 0.1) is 0 Å². The second kappa shape index (κ2) is 4.68. The largest absolute Gasteiger partial charge is 0.296 e. The summed E-state index contributed by atoms with van der Waals surface area (Å²) < 4.78 is 40.5. The Morgan fingerprint density at radius 1 is 1.21 bits per heavy atom. The van der Waals surface area contributed by atoms with Crippen LogP contribution >= 0.6 is 0 Å². The van der Waals surface area contributed by atoms with Crippen molar-refractivity contribution >= 4 is 6.29 Å². The highest BCUT2D eigenvalue weighted by molar-refractivity contribution is 5.71. The SMILES string of the molecule is Cc1cc(=O)c(C=O)nn1-c1ccc(F)c(F)c1F. The first kappa shape index (κ1) is 13.0. The van der Waals surface area contributed by atoms with Gasteiger partial charge < -0.3 is 0 Å². The van der Waals surface area contributed by atoms with E-state index in [1.54, 1.807) is 0 Å². The molecule has 0 amide bonds. The number of halogens is 3. The van der Waals surface area contributed by atoms with Crippen LogP contribution in [-0.2, 0) is 0 Å². The molecule has 98 valence electrons. The van der Waals surface area contributed by atoms with Crippen LogP contribution in [0.5, 0.6) is 0 Å². The smallest absolute Gasteiger partial charge is 0.211 e. The highest BCUT2D eigenvalue weighted by Crippen LogP contribution is 2.19. The molecule has 1 aromatic carbocycles. The van der Waals surface area contributed by atoms with E-state index in [2.05, 4.69) is 5.10 Å². The van der Waals surface area contributed by atoms with Crippen LogP contribution in [0.1, 0.15) is 16.2 Å². The molecular formula is C12H7F3N2O2. The van der Waals surface area contributed by atoms with E-state index in [-0.39, 0.29) is 17.7 Å². The maximum absolute atomic E-state index is 13.6. The first-order valence-electron chi connectivity index (χ1n) is 5.15. The molecule has 0 unspecified atom stereocenters. The van der Waals surface area contributed by atoms with Crippen LogP contribution in [0, 0.1) is 24.4 Å². The molecule has 0 aliphatic heterocycles. The lowest BCUT2D eigenvalue weighted by Gasteiger charge is -2.11. The fourth-order valence-corrected chi connectivity index (χ4v) is 1.57. The van der Waals surface area contributed by atoms with Crippen molar-refractivity contribution in [3.8, 4) is 5.69 Å². The zero-order valence-electron chi connectivity index (χ0n) is 9.65. The molecule has 0 bridgehead atoms. The Kier molecular flexibility index (Phi) is 3.20. The molecule has 19 heavy (non-hydrogen) atoms. The van der Waals surface area contributed by atoms with E-state index in [4.69, 9.17) is 0 Å². The van der Waals surface area contributed by atoms with Crippen molar-refractivity contribution in [2.45, 2.75) is 6.92 Å². The molecule has 0 fully saturated rings. The quantitative estimate of drug-likeness (QED) is 0.616. The summed E-state index contributed by atoms with van der Waals surface area (Å²) in [5, 5.41) is 3.60. The van der Waals surface area contributed by atoms with Crippen LogP contribution in [0.15, 0.2) is 23.0 Å². The van der Waals surface area contributed by atoms with Crippen LogP contribution in [0.25, 0.3) is 5.69 Å². The van der Waals surface area contributed by atoms with Gasteiger partial charge in [0.1, 0.15) is 5.69 Å². The molecule has 0 aliphatic carbocycles. The van der Waals surface area contributed by atoms with E-state index in [0.29, 0.717) is 0 Å². The minimum atomic E-state index is -1.65. The van der Waals surface area contributed by atoms with Crippen molar-refractivity contribution in [1.82, 2.24) is 9.78 Å². The van der Waals surface area contributed by atoms with Gasteiger partial charge in [-0.25, -0.2) is 17.9 Å². The molecule has 0 saturated carbocycles. The Bertz CT molecular complexity index is 726. The Balaban J connectivity index is 2.76. The van der Waals surface area contributed by atoms with E-state index in [9.17, 15) is 22.8 Å². The summed E-state index contributed by atoms with van der Waals surface area (Å²) in [6.07, 6.45) is 0.204. The third kappa shape index (κ3) is 2.14. The first-order chi connectivity index (χ1) is 8.95. The Morgan fingerprint density at radius 3 is 2.53 bits per heavy atom. The molecule has 1 aromatic heterocycles. The topological polar surface area (TPSA) is 52.0 Å². The number of hydrogen-bond acceptors (Lipinski definition) is 3. The maximum atomic E-state index is 13.6. The third-order valence-electron chi connectivity index (χ3n) is 2.49. The van der Waals surface area contributed by atoms with Crippen LogP contribution in [0.2, 0.25) is 0 Å². The zero-order valence-corrected chi connectivity index (χ0v) is 9.65. The predicted octanol–water partition coefficient (Wildman–Crippen LogP) is 1.77. The molecule has 0 atom stereocenters. The van der Waals surface area contributed by atoms with Gasteiger partial charge in [0, 0.05) is 11.8 Å². The maximum Gasteiger partial charge on any atom is 0.211 e. The highest BCUT2D eigenvalue weighted by atomic mass is 19.2. The van der Waals surface area contributed by atoms with Crippen molar-refractivity contribution in [3.63, 3.8) is 0 Å². The number of benzene rings is 1. The van der Waals surface area contributed by atoms with Crippen molar-refractivity contribution in [1.29, 1.82) is 0 Å². The molecule has 0 aliphatic rings. The molecule has 2 aromatic rings. The van der Waals surface area contributed by atoms with Gasteiger partial charge in [0.2, 0.25) is 5.43 Å². The molecule has 4 nitrogen and oxygen atoms in total. The van der Waals surface area contributed by atoms with Crippen molar-refractivity contribution in [2.75, 3.05) is 0 Å². The zero-order chi connectivity index (χ0) is 14.2. The summed E-state index contributed by atoms with van der Waals surface area (Å²) in [4.78, 5) is 22.0. The Labute approximate surface area is 105 Å². The molecule has 0 radical (unpaired) electrons. The van der Waals surface area contributed by atoms with E-state index >= 15 is 0 Å². The van der Waals surface area contributed by atoms with Gasteiger partial charge in [0.25, 0.3) is 0 Å². The Hall–Kier alpha value is -2.44. The van der Waals surface area contributed by atoms with Gasteiger partial charge in [-0.1, -0.05) is 0 Å². The second-order valence-corrected chi connectivity index (χ2v) is 3.76. The van der Waals surface area contributed by atoms with Gasteiger partial charge in [-0.05, 0) is 19.1 Å². The van der Waals surface area contributed by atoms with Gasteiger partial charge in [-0.2, -0.15) is 5.10 Å². The van der Waals surface area contributed by atoms with Crippen LogP contribution in [0.3, 0.4) is 0 Å². The molecule has 0 saturated heterocycles. The lowest BCUT2D eigenvalue weighted by molar-refractivity contribution is 0.111. The fourth-order valence-electron chi connectivity index (χ4n) is 1.57. The molecule has 7 heteroatoms. The Morgan fingerprint density at radius 2 is 1.89 bits per heavy atom. The van der Waals surface area contributed by atoms with Crippen molar-refractivity contribution in [3.05, 3.63) is 57.3 Å². The summed E-state index contributed by atoms with van der Waals surface area (Å²) in [7, 11) is 0. The normalized spacial score (nSPS) is 10.5. The summed E-state index contributed by atoms with van der Waals surface area (Å²) in [6.45, 7) is 1.42. The molecular weight excluding hydrogens is 261 g/mol. The molecule has 2 rings (SSSR count). The van der Waals surface area contributed by atoms with Crippen molar-refractivity contribution in [2.24, 2.45) is 0 Å².